The Morgan fingerprint density at radius 3 is 2.88 bits per heavy atom. The second-order valence-corrected chi connectivity index (χ2v) is 4.71. The van der Waals surface area contributed by atoms with Gasteiger partial charge in [0.2, 0.25) is 5.91 Å². The predicted molar refractivity (Wildman–Crippen MR) is 67.0 cm³/mol. The van der Waals surface area contributed by atoms with Crippen molar-refractivity contribution in [2.45, 2.75) is 0 Å². The molecule has 2 heterocycles. The highest BCUT2D eigenvalue weighted by molar-refractivity contribution is 9.10. The number of carbonyl (C=O) groups is 2. The lowest BCUT2D eigenvalue weighted by molar-refractivity contribution is -0.115. The summed E-state index contributed by atoms with van der Waals surface area (Å²) in [6.45, 7) is -0.00313. The molecule has 86 valence electrons. The number of rotatable bonds is 0. The number of fused-ring (bicyclic) bond motifs is 3. The Labute approximate surface area is 105 Å². The Bertz CT molecular complexity index is 647. The second kappa shape index (κ2) is 3.59. The molecular formula is C11H8BrN3O2. The third-order valence-electron chi connectivity index (χ3n) is 2.66. The molecule has 0 atom stereocenters. The Kier molecular flexibility index (Phi) is 2.19. The molecular weight excluding hydrogens is 286 g/mol. The lowest BCUT2D eigenvalue weighted by atomic mass is 10.2. The van der Waals surface area contributed by atoms with Crippen LogP contribution in [0.4, 0.5) is 5.69 Å². The molecule has 3 N–H and O–H groups in total. The summed E-state index contributed by atoms with van der Waals surface area (Å²) < 4.78 is 0.894. The fraction of sp³-hybridized carbons (Fsp3) is 0.0909. The van der Waals surface area contributed by atoms with Gasteiger partial charge in [-0.25, -0.2) is 0 Å². The maximum absolute atomic E-state index is 11.8. The first kappa shape index (κ1) is 10.3. The van der Waals surface area contributed by atoms with Gasteiger partial charge < -0.3 is 15.6 Å². The summed E-state index contributed by atoms with van der Waals surface area (Å²) in [4.78, 5) is 26.2. The molecule has 0 saturated carbocycles. The number of nitrogens with one attached hydrogen (secondary N) is 3. The SMILES string of the molecule is O=C1CNC(=O)c2[nH]c3ccc(Br)cc3c2N1. The molecule has 2 amide bonds. The highest BCUT2D eigenvalue weighted by atomic mass is 79.9. The Morgan fingerprint density at radius 1 is 1.24 bits per heavy atom. The van der Waals surface area contributed by atoms with Gasteiger partial charge in [-0.2, -0.15) is 0 Å². The fourth-order valence-electron chi connectivity index (χ4n) is 1.90. The first-order valence-electron chi connectivity index (χ1n) is 5.04. The maximum Gasteiger partial charge on any atom is 0.270 e. The average Bonchev–Trinajstić information content (AvgIpc) is 2.58. The highest BCUT2D eigenvalue weighted by Crippen LogP contribution is 2.30. The highest BCUT2D eigenvalue weighted by Gasteiger charge is 2.23. The van der Waals surface area contributed by atoms with E-state index in [-0.39, 0.29) is 18.4 Å². The number of halogens is 1. The number of benzene rings is 1. The number of aromatic amines is 1. The minimum atomic E-state index is -0.273. The number of aromatic nitrogens is 1. The molecule has 2 aromatic rings. The average molecular weight is 294 g/mol. The van der Waals surface area contributed by atoms with Crippen molar-refractivity contribution < 1.29 is 9.59 Å². The van der Waals surface area contributed by atoms with Crippen LogP contribution in [0, 0.1) is 0 Å². The predicted octanol–water partition coefficient (Wildman–Crippen LogP) is 1.61. The molecule has 1 aliphatic heterocycles. The number of amides is 2. The van der Waals surface area contributed by atoms with Crippen LogP contribution in [-0.2, 0) is 4.79 Å². The summed E-state index contributed by atoms with van der Waals surface area (Å²) >= 11 is 3.37. The molecule has 1 aromatic carbocycles. The summed E-state index contributed by atoms with van der Waals surface area (Å²) in [7, 11) is 0. The Balaban J connectivity index is 2.31. The van der Waals surface area contributed by atoms with Crippen LogP contribution in [-0.4, -0.2) is 23.3 Å². The van der Waals surface area contributed by atoms with Crippen LogP contribution in [0.5, 0.6) is 0 Å². The van der Waals surface area contributed by atoms with Crippen molar-refractivity contribution in [3.8, 4) is 0 Å². The maximum atomic E-state index is 11.8. The molecule has 5 nitrogen and oxygen atoms in total. The quantitative estimate of drug-likeness (QED) is 0.690. The normalized spacial score (nSPS) is 15.1. The van der Waals surface area contributed by atoms with E-state index < -0.39 is 0 Å². The van der Waals surface area contributed by atoms with E-state index in [1.807, 2.05) is 18.2 Å². The first-order valence-corrected chi connectivity index (χ1v) is 5.84. The first-order chi connectivity index (χ1) is 8.15. The van der Waals surface area contributed by atoms with Crippen LogP contribution < -0.4 is 10.6 Å². The van der Waals surface area contributed by atoms with Crippen LogP contribution in [0.25, 0.3) is 10.9 Å². The number of hydrogen-bond acceptors (Lipinski definition) is 2. The van der Waals surface area contributed by atoms with Gasteiger partial charge in [0.15, 0.2) is 0 Å². The largest absolute Gasteiger partial charge is 0.349 e. The second-order valence-electron chi connectivity index (χ2n) is 3.80. The molecule has 0 unspecified atom stereocenters. The van der Waals surface area contributed by atoms with Crippen molar-refractivity contribution >= 4 is 44.3 Å². The monoisotopic (exact) mass is 293 g/mol. The van der Waals surface area contributed by atoms with E-state index >= 15 is 0 Å². The molecule has 0 radical (unpaired) electrons. The minimum absolute atomic E-state index is 0.00313. The molecule has 0 aliphatic carbocycles. The van der Waals surface area contributed by atoms with Crippen molar-refractivity contribution in [3.63, 3.8) is 0 Å². The van der Waals surface area contributed by atoms with Gasteiger partial charge in [0.1, 0.15) is 5.69 Å². The van der Waals surface area contributed by atoms with Gasteiger partial charge in [-0.1, -0.05) is 15.9 Å². The van der Waals surface area contributed by atoms with E-state index in [0.29, 0.717) is 11.4 Å². The van der Waals surface area contributed by atoms with E-state index in [2.05, 4.69) is 31.5 Å². The van der Waals surface area contributed by atoms with Crippen LogP contribution in [0.3, 0.4) is 0 Å². The summed E-state index contributed by atoms with van der Waals surface area (Å²) in [6, 6.07) is 5.59. The van der Waals surface area contributed by atoms with Gasteiger partial charge in [0.25, 0.3) is 5.91 Å². The van der Waals surface area contributed by atoms with E-state index in [4.69, 9.17) is 0 Å². The van der Waals surface area contributed by atoms with E-state index in [9.17, 15) is 9.59 Å². The van der Waals surface area contributed by atoms with Gasteiger partial charge in [-0.05, 0) is 18.2 Å². The summed E-state index contributed by atoms with van der Waals surface area (Å²) in [6.07, 6.45) is 0. The van der Waals surface area contributed by atoms with Gasteiger partial charge in [-0.3, -0.25) is 9.59 Å². The van der Waals surface area contributed by atoms with Crippen LogP contribution in [0.2, 0.25) is 0 Å². The van der Waals surface area contributed by atoms with Gasteiger partial charge in [-0.15, -0.1) is 0 Å². The molecule has 6 heteroatoms. The van der Waals surface area contributed by atoms with Gasteiger partial charge in [0.05, 0.1) is 12.2 Å². The Morgan fingerprint density at radius 2 is 2.06 bits per heavy atom. The van der Waals surface area contributed by atoms with Crippen LogP contribution >= 0.6 is 15.9 Å². The molecule has 0 bridgehead atoms. The summed E-state index contributed by atoms with van der Waals surface area (Å²) in [5.41, 5.74) is 1.75. The third kappa shape index (κ3) is 1.61. The van der Waals surface area contributed by atoms with Crippen molar-refractivity contribution in [1.29, 1.82) is 0 Å². The zero-order valence-electron chi connectivity index (χ0n) is 8.63. The summed E-state index contributed by atoms with van der Waals surface area (Å²) in [5, 5.41) is 6.08. The number of H-pyrrole nitrogens is 1. The van der Waals surface area contributed by atoms with Crippen LogP contribution in [0.15, 0.2) is 22.7 Å². The lowest BCUT2D eigenvalue weighted by Gasteiger charge is -2.00. The van der Waals surface area contributed by atoms with E-state index in [1.54, 1.807) is 0 Å². The number of hydrogen-bond donors (Lipinski definition) is 3. The number of carbonyl (C=O) groups excluding carboxylic acids is 2. The van der Waals surface area contributed by atoms with Crippen molar-refractivity contribution in [2.24, 2.45) is 0 Å². The molecule has 0 saturated heterocycles. The summed E-state index contributed by atoms with van der Waals surface area (Å²) in [5.74, 6) is -0.497. The molecule has 1 aliphatic rings. The molecule has 3 rings (SSSR count). The van der Waals surface area contributed by atoms with Crippen molar-refractivity contribution in [2.75, 3.05) is 11.9 Å². The zero-order valence-corrected chi connectivity index (χ0v) is 10.2. The van der Waals surface area contributed by atoms with E-state index in [1.165, 1.54) is 0 Å². The standard InChI is InChI=1S/C11H8BrN3O2/c12-5-1-2-7-6(3-5)9-10(14-7)11(17)13-4-8(16)15-9/h1-3,14H,4H2,(H,13,17)(H,15,16). The minimum Gasteiger partial charge on any atom is -0.349 e. The van der Waals surface area contributed by atoms with Crippen molar-refractivity contribution in [3.05, 3.63) is 28.4 Å². The molecule has 17 heavy (non-hydrogen) atoms. The molecule has 1 aromatic heterocycles. The Hall–Kier alpha value is -1.82. The van der Waals surface area contributed by atoms with Gasteiger partial charge >= 0.3 is 0 Å². The van der Waals surface area contributed by atoms with E-state index in [0.717, 1.165) is 15.4 Å². The van der Waals surface area contributed by atoms with Crippen LogP contribution in [0.1, 0.15) is 10.5 Å². The molecule has 0 spiro atoms. The third-order valence-corrected chi connectivity index (χ3v) is 3.15. The topological polar surface area (TPSA) is 74.0 Å². The zero-order chi connectivity index (χ0) is 12.0. The van der Waals surface area contributed by atoms with Gasteiger partial charge in [0, 0.05) is 15.4 Å². The fourth-order valence-corrected chi connectivity index (χ4v) is 2.26. The van der Waals surface area contributed by atoms with Crippen molar-refractivity contribution in [1.82, 2.24) is 10.3 Å². The smallest absolute Gasteiger partial charge is 0.270 e. The lowest BCUT2D eigenvalue weighted by Crippen LogP contribution is -2.28. The molecule has 0 fully saturated rings. The number of anilines is 1.